The van der Waals surface area contributed by atoms with E-state index in [0.717, 1.165) is 5.39 Å². The average Bonchev–Trinajstić information content (AvgIpc) is 2.67. The van der Waals surface area contributed by atoms with E-state index in [1.807, 2.05) is 0 Å². The lowest BCUT2D eigenvalue weighted by molar-refractivity contribution is -0.118. The molecule has 18 heavy (non-hydrogen) atoms. The third-order valence-corrected chi connectivity index (χ3v) is 2.40. The zero-order chi connectivity index (χ0) is 13.1. The number of nitrogens with two attached hydrogens (primary N) is 1. The number of carbonyl (C=O) groups is 1. The number of hydrogen-bond donors (Lipinski definition) is 3. The molecule has 1 amide bonds. The van der Waals surface area contributed by atoms with E-state index in [2.05, 4.69) is 25.7 Å². The van der Waals surface area contributed by atoms with Crippen molar-refractivity contribution in [1.82, 2.24) is 25.1 Å². The highest BCUT2D eigenvalue weighted by Crippen LogP contribution is 2.17. The maximum absolute atomic E-state index is 10.7. The number of rotatable bonds is 4. The van der Waals surface area contributed by atoms with E-state index in [1.165, 1.54) is 6.92 Å². The van der Waals surface area contributed by atoms with Gasteiger partial charge in [0.05, 0.1) is 11.6 Å². The highest BCUT2D eigenvalue weighted by molar-refractivity contribution is 5.86. The summed E-state index contributed by atoms with van der Waals surface area (Å²) in [6.07, 6.45) is 1.63. The molecule has 4 N–H and O–H groups in total. The van der Waals surface area contributed by atoms with Gasteiger partial charge in [-0.2, -0.15) is 15.1 Å². The van der Waals surface area contributed by atoms with Crippen LogP contribution in [0.3, 0.4) is 0 Å². The number of anilines is 2. The van der Waals surface area contributed by atoms with Crippen LogP contribution in [0.15, 0.2) is 6.20 Å². The van der Waals surface area contributed by atoms with E-state index in [9.17, 15) is 4.79 Å². The predicted molar refractivity (Wildman–Crippen MR) is 67.9 cm³/mol. The fourth-order valence-corrected chi connectivity index (χ4v) is 1.54. The summed E-state index contributed by atoms with van der Waals surface area (Å²) >= 11 is 0. The number of carbonyl (C=O) groups excluding carboxylic acids is 1. The minimum Gasteiger partial charge on any atom is -0.383 e. The van der Waals surface area contributed by atoms with Crippen LogP contribution in [-0.4, -0.2) is 38.7 Å². The number of aryl methyl sites for hydroxylation is 1. The molecule has 8 nitrogen and oxygen atoms in total. The Labute approximate surface area is 104 Å². The molecule has 0 aliphatic heterocycles. The minimum absolute atomic E-state index is 0.0701. The zero-order valence-corrected chi connectivity index (χ0v) is 10.3. The van der Waals surface area contributed by atoms with E-state index >= 15 is 0 Å². The van der Waals surface area contributed by atoms with Gasteiger partial charge in [0, 0.05) is 27.1 Å². The van der Waals surface area contributed by atoms with Gasteiger partial charge in [-0.1, -0.05) is 0 Å². The Kier molecular flexibility index (Phi) is 3.26. The zero-order valence-electron chi connectivity index (χ0n) is 10.3. The number of fused-ring (bicyclic) bond motifs is 1. The Hall–Kier alpha value is -2.38. The fourth-order valence-electron chi connectivity index (χ4n) is 1.54. The molecule has 0 aliphatic rings. The van der Waals surface area contributed by atoms with Gasteiger partial charge in [-0.15, -0.1) is 0 Å². The van der Waals surface area contributed by atoms with Crippen LogP contribution in [0.25, 0.3) is 11.0 Å². The predicted octanol–water partition coefficient (Wildman–Crippen LogP) is -0.506. The Morgan fingerprint density at radius 1 is 1.44 bits per heavy atom. The molecule has 2 aromatic heterocycles. The van der Waals surface area contributed by atoms with Gasteiger partial charge >= 0.3 is 0 Å². The molecule has 0 saturated carbocycles. The minimum atomic E-state index is -0.0701. The van der Waals surface area contributed by atoms with Crippen molar-refractivity contribution in [2.24, 2.45) is 7.05 Å². The first kappa shape index (κ1) is 12.1. The molecule has 0 bridgehead atoms. The van der Waals surface area contributed by atoms with E-state index < -0.39 is 0 Å². The van der Waals surface area contributed by atoms with E-state index in [0.29, 0.717) is 30.5 Å². The molecular formula is C10H15N7O. The summed E-state index contributed by atoms with van der Waals surface area (Å²) in [5.74, 6) is 0.739. The SMILES string of the molecule is CC(=O)NCCNc1nc(N)c2cnn(C)c2n1. The number of nitrogens with one attached hydrogen (secondary N) is 2. The van der Waals surface area contributed by atoms with Crippen molar-refractivity contribution >= 4 is 28.7 Å². The molecule has 0 aromatic carbocycles. The largest absolute Gasteiger partial charge is 0.383 e. The van der Waals surface area contributed by atoms with Gasteiger partial charge in [-0.25, -0.2) is 0 Å². The smallest absolute Gasteiger partial charge is 0.226 e. The summed E-state index contributed by atoms with van der Waals surface area (Å²) in [5, 5.41) is 10.5. The van der Waals surface area contributed by atoms with Crippen LogP contribution < -0.4 is 16.4 Å². The molecule has 0 radical (unpaired) electrons. The van der Waals surface area contributed by atoms with Crippen LogP contribution in [0.2, 0.25) is 0 Å². The Balaban J connectivity index is 2.09. The Bertz CT molecular complexity index is 577. The highest BCUT2D eigenvalue weighted by Gasteiger charge is 2.08. The fraction of sp³-hybridized carbons (Fsp3) is 0.400. The van der Waals surface area contributed by atoms with Gasteiger partial charge in [0.2, 0.25) is 11.9 Å². The first-order valence-corrected chi connectivity index (χ1v) is 5.51. The summed E-state index contributed by atoms with van der Waals surface area (Å²) in [6, 6.07) is 0. The van der Waals surface area contributed by atoms with Gasteiger partial charge < -0.3 is 16.4 Å². The van der Waals surface area contributed by atoms with Crippen LogP contribution in [0.5, 0.6) is 0 Å². The molecule has 0 unspecified atom stereocenters. The summed E-state index contributed by atoms with van der Waals surface area (Å²) in [7, 11) is 1.79. The van der Waals surface area contributed by atoms with Gasteiger partial charge in [0.25, 0.3) is 0 Å². The standard InChI is InChI=1S/C10H15N7O/c1-6(18)12-3-4-13-10-15-8(11)7-5-14-17(2)9(7)16-10/h5H,3-4H2,1-2H3,(H,12,18)(H3,11,13,15,16). The topological polar surface area (TPSA) is 111 Å². The van der Waals surface area contributed by atoms with Crippen LogP contribution in [0.1, 0.15) is 6.92 Å². The van der Waals surface area contributed by atoms with Crippen molar-refractivity contribution in [2.45, 2.75) is 6.92 Å². The monoisotopic (exact) mass is 249 g/mol. The third-order valence-electron chi connectivity index (χ3n) is 2.40. The number of hydrogen-bond acceptors (Lipinski definition) is 6. The number of nitrogens with zero attached hydrogens (tertiary/aromatic N) is 4. The molecule has 2 heterocycles. The maximum atomic E-state index is 10.7. The van der Waals surface area contributed by atoms with Crippen molar-refractivity contribution < 1.29 is 4.79 Å². The van der Waals surface area contributed by atoms with Gasteiger partial charge in [-0.3, -0.25) is 9.48 Å². The van der Waals surface area contributed by atoms with Crippen LogP contribution >= 0.6 is 0 Å². The highest BCUT2D eigenvalue weighted by atomic mass is 16.1. The van der Waals surface area contributed by atoms with Gasteiger partial charge in [0.1, 0.15) is 5.82 Å². The lowest BCUT2D eigenvalue weighted by Crippen LogP contribution is -2.26. The van der Waals surface area contributed by atoms with Gasteiger partial charge in [-0.05, 0) is 0 Å². The second kappa shape index (κ2) is 4.86. The average molecular weight is 249 g/mol. The molecular weight excluding hydrogens is 234 g/mol. The Morgan fingerprint density at radius 3 is 2.94 bits per heavy atom. The molecule has 8 heteroatoms. The third kappa shape index (κ3) is 2.47. The molecule has 2 rings (SSSR count). The second-order valence-electron chi connectivity index (χ2n) is 3.85. The number of nitrogen functional groups attached to an aromatic ring is 1. The summed E-state index contributed by atoms with van der Waals surface area (Å²) in [6.45, 7) is 2.50. The molecule has 0 fully saturated rings. The second-order valence-corrected chi connectivity index (χ2v) is 3.85. The van der Waals surface area contributed by atoms with E-state index in [1.54, 1.807) is 17.9 Å². The normalized spacial score (nSPS) is 10.6. The van der Waals surface area contributed by atoms with E-state index in [-0.39, 0.29) is 5.91 Å². The van der Waals surface area contributed by atoms with Crippen LogP contribution in [0, 0.1) is 0 Å². The Morgan fingerprint density at radius 2 is 2.22 bits per heavy atom. The maximum Gasteiger partial charge on any atom is 0.226 e. The summed E-state index contributed by atoms with van der Waals surface area (Å²) in [4.78, 5) is 19.1. The van der Waals surface area contributed by atoms with Crippen LogP contribution in [-0.2, 0) is 11.8 Å². The van der Waals surface area contributed by atoms with E-state index in [4.69, 9.17) is 5.73 Å². The van der Waals surface area contributed by atoms with Crippen molar-refractivity contribution in [3.05, 3.63) is 6.20 Å². The van der Waals surface area contributed by atoms with Crippen molar-refractivity contribution in [3.63, 3.8) is 0 Å². The number of amides is 1. The molecule has 0 atom stereocenters. The molecule has 0 spiro atoms. The molecule has 96 valence electrons. The van der Waals surface area contributed by atoms with Crippen LogP contribution in [0.4, 0.5) is 11.8 Å². The van der Waals surface area contributed by atoms with Crippen molar-refractivity contribution in [3.8, 4) is 0 Å². The van der Waals surface area contributed by atoms with Crippen molar-refractivity contribution in [2.75, 3.05) is 24.1 Å². The number of aromatic nitrogens is 4. The molecule has 2 aromatic rings. The summed E-state index contributed by atoms with van der Waals surface area (Å²) in [5.41, 5.74) is 6.48. The quantitative estimate of drug-likeness (QED) is 0.630. The first-order chi connectivity index (χ1) is 8.58. The lowest BCUT2D eigenvalue weighted by Gasteiger charge is -2.06. The van der Waals surface area contributed by atoms with Crippen molar-refractivity contribution in [1.29, 1.82) is 0 Å². The molecule has 0 aliphatic carbocycles. The first-order valence-electron chi connectivity index (χ1n) is 5.51. The summed E-state index contributed by atoms with van der Waals surface area (Å²) < 4.78 is 1.63. The van der Waals surface area contributed by atoms with Gasteiger partial charge in [0.15, 0.2) is 5.65 Å². The molecule has 0 saturated heterocycles. The lowest BCUT2D eigenvalue weighted by atomic mass is 10.4.